The van der Waals surface area contributed by atoms with Crippen LogP contribution < -0.4 is 19.9 Å². The maximum absolute atomic E-state index is 5.81. The third-order valence-electron chi connectivity index (χ3n) is 2.40. The van der Waals surface area contributed by atoms with Crippen LogP contribution in [0.15, 0.2) is 34.9 Å². The number of hydrogen-bond donors (Lipinski definition) is 1. The van der Waals surface area contributed by atoms with E-state index in [1.165, 1.54) is 0 Å². The van der Waals surface area contributed by atoms with Crippen LogP contribution in [0.5, 0.6) is 23.1 Å². The molecule has 2 aromatic rings. The average molecular weight is 309 g/mol. The summed E-state index contributed by atoms with van der Waals surface area (Å²) in [4.78, 5) is 4.10. The van der Waals surface area contributed by atoms with Gasteiger partial charge in [0, 0.05) is 16.7 Å². The van der Waals surface area contributed by atoms with Gasteiger partial charge in [-0.25, -0.2) is 4.98 Å². The van der Waals surface area contributed by atoms with Crippen LogP contribution in [0.25, 0.3) is 0 Å². The number of nitrogens with zero attached hydrogens (tertiary/aromatic N) is 1. The van der Waals surface area contributed by atoms with E-state index in [9.17, 15) is 0 Å². The van der Waals surface area contributed by atoms with Crippen LogP contribution in [-0.4, -0.2) is 11.8 Å². The van der Waals surface area contributed by atoms with Crippen LogP contribution in [0.3, 0.4) is 0 Å². The number of halogens is 1. The van der Waals surface area contributed by atoms with Crippen molar-refractivity contribution < 1.29 is 14.2 Å². The molecule has 0 spiro atoms. The number of nitrogens with two attached hydrogens (primary N) is 1. The highest BCUT2D eigenvalue weighted by Gasteiger charge is 2.14. The summed E-state index contributed by atoms with van der Waals surface area (Å²) in [5.41, 5.74) is 6.27. The van der Waals surface area contributed by atoms with Crippen molar-refractivity contribution >= 4 is 21.6 Å². The van der Waals surface area contributed by atoms with Gasteiger partial charge in [0.15, 0.2) is 11.5 Å². The fraction of sp³-hybridized carbons (Fsp3) is 0.0833. The Kier molecular flexibility index (Phi) is 2.71. The van der Waals surface area contributed by atoms with Crippen LogP contribution in [0, 0.1) is 0 Å². The van der Waals surface area contributed by atoms with Gasteiger partial charge in [-0.1, -0.05) is 0 Å². The topological polar surface area (TPSA) is 66.6 Å². The third kappa shape index (κ3) is 2.06. The second kappa shape index (κ2) is 4.38. The van der Waals surface area contributed by atoms with E-state index in [2.05, 4.69) is 20.9 Å². The third-order valence-corrected chi connectivity index (χ3v) is 2.84. The molecule has 0 unspecified atom stereocenters. The minimum Gasteiger partial charge on any atom is -0.454 e. The monoisotopic (exact) mass is 308 g/mol. The van der Waals surface area contributed by atoms with Crippen molar-refractivity contribution in [3.05, 3.63) is 34.9 Å². The molecule has 0 radical (unpaired) electrons. The summed E-state index contributed by atoms with van der Waals surface area (Å²) < 4.78 is 16.9. The molecule has 1 aromatic heterocycles. The Bertz CT molecular complexity index is 604. The van der Waals surface area contributed by atoms with Crippen LogP contribution in [0.2, 0.25) is 0 Å². The predicted octanol–water partition coefficient (Wildman–Crippen LogP) is 2.95. The maximum atomic E-state index is 5.81. The van der Waals surface area contributed by atoms with Gasteiger partial charge in [0.1, 0.15) is 5.75 Å². The summed E-state index contributed by atoms with van der Waals surface area (Å²) in [6, 6.07) is 7.03. The van der Waals surface area contributed by atoms with Crippen molar-refractivity contribution in [2.45, 2.75) is 0 Å². The molecule has 0 bridgehead atoms. The quantitative estimate of drug-likeness (QED) is 0.924. The smallest absolute Gasteiger partial charge is 0.242 e. The van der Waals surface area contributed by atoms with Crippen molar-refractivity contribution in [3.63, 3.8) is 0 Å². The van der Waals surface area contributed by atoms with Gasteiger partial charge in [0.2, 0.25) is 12.7 Å². The van der Waals surface area contributed by atoms with E-state index in [0.29, 0.717) is 28.8 Å². The summed E-state index contributed by atoms with van der Waals surface area (Å²) in [5.74, 6) is 2.32. The minimum atomic E-state index is 0.234. The number of rotatable bonds is 2. The van der Waals surface area contributed by atoms with Crippen molar-refractivity contribution in [1.82, 2.24) is 4.98 Å². The number of hydrogen-bond acceptors (Lipinski definition) is 5. The molecule has 0 amide bonds. The average Bonchev–Trinajstić information content (AvgIpc) is 2.80. The summed E-state index contributed by atoms with van der Waals surface area (Å²) in [5, 5.41) is 0. The lowest BCUT2D eigenvalue weighted by Crippen LogP contribution is -1.95. The number of benzene rings is 1. The largest absolute Gasteiger partial charge is 0.454 e. The molecule has 0 atom stereocenters. The summed E-state index contributed by atoms with van der Waals surface area (Å²) >= 11 is 3.29. The van der Waals surface area contributed by atoms with Crippen LogP contribution in [-0.2, 0) is 0 Å². The second-order valence-corrected chi connectivity index (χ2v) is 4.58. The Balaban J connectivity index is 1.88. The zero-order valence-corrected chi connectivity index (χ0v) is 10.8. The first-order valence-corrected chi connectivity index (χ1v) is 6.00. The molecule has 0 saturated heterocycles. The highest BCUT2D eigenvalue weighted by atomic mass is 79.9. The van der Waals surface area contributed by atoms with Gasteiger partial charge in [-0.3, -0.25) is 0 Å². The minimum absolute atomic E-state index is 0.234. The van der Waals surface area contributed by atoms with Gasteiger partial charge in [-0.05, 0) is 34.1 Å². The molecule has 3 rings (SSSR count). The lowest BCUT2D eigenvalue weighted by atomic mass is 10.3. The Labute approximate surface area is 112 Å². The van der Waals surface area contributed by atoms with E-state index in [1.807, 2.05) is 0 Å². The molecule has 2 N–H and O–H groups in total. The van der Waals surface area contributed by atoms with E-state index in [1.54, 1.807) is 30.5 Å². The Morgan fingerprint density at radius 3 is 2.89 bits per heavy atom. The van der Waals surface area contributed by atoms with E-state index < -0.39 is 0 Å². The number of nitrogen functional groups attached to an aromatic ring is 1. The number of fused-ring (bicyclic) bond motifs is 1. The highest BCUT2D eigenvalue weighted by Crippen LogP contribution is 2.37. The standard InChI is InChI=1S/C12H9BrN2O3/c13-7-3-9(14)12(15-5-7)18-8-1-2-10-11(4-8)17-6-16-10/h1-5H,6,14H2. The molecular formula is C12H9BrN2O3. The summed E-state index contributed by atoms with van der Waals surface area (Å²) in [7, 11) is 0. The summed E-state index contributed by atoms with van der Waals surface area (Å²) in [6.07, 6.45) is 1.62. The van der Waals surface area contributed by atoms with Gasteiger partial charge < -0.3 is 19.9 Å². The molecule has 18 heavy (non-hydrogen) atoms. The number of anilines is 1. The lowest BCUT2D eigenvalue weighted by Gasteiger charge is -2.07. The zero-order chi connectivity index (χ0) is 12.5. The zero-order valence-electron chi connectivity index (χ0n) is 9.22. The Morgan fingerprint density at radius 2 is 2.06 bits per heavy atom. The molecule has 5 nitrogen and oxygen atoms in total. The first-order valence-electron chi connectivity index (χ1n) is 5.21. The van der Waals surface area contributed by atoms with E-state index in [4.69, 9.17) is 19.9 Å². The van der Waals surface area contributed by atoms with Gasteiger partial charge in [-0.2, -0.15) is 0 Å². The van der Waals surface area contributed by atoms with Crippen molar-refractivity contribution in [3.8, 4) is 23.1 Å². The molecular weight excluding hydrogens is 300 g/mol. The molecule has 1 aromatic carbocycles. The highest BCUT2D eigenvalue weighted by molar-refractivity contribution is 9.10. The lowest BCUT2D eigenvalue weighted by molar-refractivity contribution is 0.174. The van der Waals surface area contributed by atoms with Crippen LogP contribution in [0.4, 0.5) is 5.69 Å². The van der Waals surface area contributed by atoms with Gasteiger partial charge in [0.25, 0.3) is 0 Å². The van der Waals surface area contributed by atoms with Crippen molar-refractivity contribution in [1.29, 1.82) is 0 Å². The van der Waals surface area contributed by atoms with E-state index in [0.717, 1.165) is 4.47 Å². The van der Waals surface area contributed by atoms with Crippen molar-refractivity contribution in [2.24, 2.45) is 0 Å². The SMILES string of the molecule is Nc1cc(Br)cnc1Oc1ccc2c(c1)OCO2. The Morgan fingerprint density at radius 1 is 1.22 bits per heavy atom. The van der Waals surface area contributed by atoms with E-state index in [-0.39, 0.29) is 6.79 Å². The summed E-state index contributed by atoms with van der Waals surface area (Å²) in [6.45, 7) is 0.234. The number of aromatic nitrogens is 1. The van der Waals surface area contributed by atoms with Gasteiger partial charge in [-0.15, -0.1) is 0 Å². The predicted molar refractivity (Wildman–Crippen MR) is 69.0 cm³/mol. The van der Waals surface area contributed by atoms with E-state index >= 15 is 0 Å². The molecule has 1 aliphatic rings. The number of ether oxygens (including phenoxy) is 3. The fourth-order valence-corrected chi connectivity index (χ4v) is 1.93. The molecule has 2 heterocycles. The van der Waals surface area contributed by atoms with Crippen LogP contribution in [0.1, 0.15) is 0 Å². The van der Waals surface area contributed by atoms with Gasteiger partial charge >= 0.3 is 0 Å². The molecule has 1 aliphatic heterocycles. The first-order chi connectivity index (χ1) is 8.72. The molecule has 92 valence electrons. The van der Waals surface area contributed by atoms with Gasteiger partial charge in [0.05, 0.1) is 5.69 Å². The number of pyridine rings is 1. The molecule has 0 saturated carbocycles. The second-order valence-electron chi connectivity index (χ2n) is 3.67. The normalized spacial score (nSPS) is 12.5. The molecule has 0 aliphatic carbocycles. The molecule has 0 fully saturated rings. The fourth-order valence-electron chi connectivity index (χ4n) is 1.58. The van der Waals surface area contributed by atoms with Crippen LogP contribution >= 0.6 is 15.9 Å². The maximum Gasteiger partial charge on any atom is 0.242 e. The van der Waals surface area contributed by atoms with Crippen molar-refractivity contribution in [2.75, 3.05) is 12.5 Å². The molecule has 6 heteroatoms. The Hall–Kier alpha value is -1.95. The first kappa shape index (κ1) is 11.2.